The lowest BCUT2D eigenvalue weighted by Gasteiger charge is -2.09. The second-order valence-electron chi connectivity index (χ2n) is 7.60. The van der Waals surface area contributed by atoms with Crippen molar-refractivity contribution in [3.63, 3.8) is 0 Å². The van der Waals surface area contributed by atoms with Gasteiger partial charge in [-0.3, -0.25) is 4.79 Å². The molecule has 166 valence electrons. The molecule has 0 amide bonds. The molecule has 0 aliphatic carbocycles. The fraction of sp³-hybridized carbons (Fsp3) is 0.280. The Hall–Kier alpha value is -3.74. The number of ketones is 1. The summed E-state index contributed by atoms with van der Waals surface area (Å²) in [6.07, 6.45) is 4.98. The van der Waals surface area contributed by atoms with Gasteiger partial charge in [0, 0.05) is 37.4 Å². The van der Waals surface area contributed by atoms with E-state index in [4.69, 9.17) is 9.47 Å². The molecule has 1 aromatic carbocycles. The first-order valence-corrected chi connectivity index (χ1v) is 10.7. The van der Waals surface area contributed by atoms with Crippen molar-refractivity contribution in [2.75, 3.05) is 13.7 Å². The lowest BCUT2D eigenvalue weighted by Crippen LogP contribution is -2.13. The Labute approximate surface area is 188 Å². The van der Waals surface area contributed by atoms with Crippen LogP contribution >= 0.6 is 0 Å². The van der Waals surface area contributed by atoms with E-state index in [0.717, 1.165) is 29.8 Å². The molecule has 0 spiro atoms. The van der Waals surface area contributed by atoms with Crippen LogP contribution in [0.1, 0.15) is 37.7 Å². The number of aryl methyl sites for hydroxylation is 1. The number of fused-ring (bicyclic) bond motifs is 1. The van der Waals surface area contributed by atoms with Crippen LogP contribution in [0.4, 0.5) is 0 Å². The van der Waals surface area contributed by atoms with Crippen LogP contribution in [0.3, 0.4) is 0 Å². The molecular formula is C25H28N4O3. The maximum absolute atomic E-state index is 13.1. The van der Waals surface area contributed by atoms with Gasteiger partial charge in [-0.05, 0) is 49.6 Å². The SMILES string of the molecule is CCOc1ccc(CCC(C)C(=O)c2cc3nccc(-c4ccc(OC)nc4)n3n2)cc1.[HH]. The van der Waals surface area contributed by atoms with E-state index in [1.54, 1.807) is 36.2 Å². The second kappa shape index (κ2) is 9.60. The monoisotopic (exact) mass is 432 g/mol. The van der Waals surface area contributed by atoms with Gasteiger partial charge in [0.15, 0.2) is 11.4 Å². The molecule has 1 atom stereocenters. The van der Waals surface area contributed by atoms with E-state index < -0.39 is 0 Å². The van der Waals surface area contributed by atoms with Gasteiger partial charge >= 0.3 is 0 Å². The molecule has 0 aliphatic rings. The highest BCUT2D eigenvalue weighted by molar-refractivity contribution is 5.96. The molecule has 7 heteroatoms. The largest absolute Gasteiger partial charge is 0.494 e. The molecule has 0 N–H and O–H groups in total. The van der Waals surface area contributed by atoms with Gasteiger partial charge in [0.1, 0.15) is 11.4 Å². The third-order valence-corrected chi connectivity index (χ3v) is 5.40. The van der Waals surface area contributed by atoms with E-state index in [1.807, 2.05) is 50.2 Å². The average molecular weight is 433 g/mol. The summed E-state index contributed by atoms with van der Waals surface area (Å²) in [7, 11) is 1.58. The van der Waals surface area contributed by atoms with Gasteiger partial charge in [0.25, 0.3) is 0 Å². The molecule has 0 radical (unpaired) electrons. The molecule has 1 unspecified atom stereocenters. The molecule has 0 saturated carbocycles. The molecule has 3 aromatic heterocycles. The number of carbonyl (C=O) groups is 1. The van der Waals surface area contributed by atoms with Crippen molar-refractivity contribution in [1.29, 1.82) is 0 Å². The maximum Gasteiger partial charge on any atom is 0.212 e. The number of Topliss-reactive ketones (excluding diaryl/α,β-unsaturated/α-hetero) is 1. The average Bonchev–Trinajstić information content (AvgIpc) is 3.28. The van der Waals surface area contributed by atoms with E-state index in [-0.39, 0.29) is 13.1 Å². The highest BCUT2D eigenvalue weighted by atomic mass is 16.5. The molecule has 0 bridgehead atoms. The number of aromatic nitrogens is 4. The van der Waals surface area contributed by atoms with Crippen molar-refractivity contribution < 1.29 is 15.7 Å². The summed E-state index contributed by atoms with van der Waals surface area (Å²) in [4.78, 5) is 21.7. The van der Waals surface area contributed by atoms with Crippen molar-refractivity contribution in [2.45, 2.75) is 26.7 Å². The fourth-order valence-electron chi connectivity index (χ4n) is 3.57. The van der Waals surface area contributed by atoms with Gasteiger partial charge in [-0.1, -0.05) is 19.1 Å². The van der Waals surface area contributed by atoms with Gasteiger partial charge in [-0.2, -0.15) is 5.10 Å². The van der Waals surface area contributed by atoms with Crippen LogP contribution < -0.4 is 9.47 Å². The number of benzene rings is 1. The molecule has 4 rings (SSSR count). The minimum absolute atomic E-state index is 0. The number of hydrogen-bond donors (Lipinski definition) is 0. The third kappa shape index (κ3) is 4.61. The van der Waals surface area contributed by atoms with Crippen molar-refractivity contribution in [2.24, 2.45) is 5.92 Å². The highest BCUT2D eigenvalue weighted by Crippen LogP contribution is 2.23. The Morgan fingerprint density at radius 3 is 2.62 bits per heavy atom. The quantitative estimate of drug-likeness (QED) is 0.350. The third-order valence-electron chi connectivity index (χ3n) is 5.40. The van der Waals surface area contributed by atoms with Crippen LogP contribution in [0.5, 0.6) is 11.6 Å². The molecule has 7 nitrogen and oxygen atoms in total. The van der Waals surface area contributed by atoms with E-state index in [9.17, 15) is 4.79 Å². The Balaban J connectivity index is 0.00000306. The van der Waals surface area contributed by atoms with Crippen molar-refractivity contribution >= 4 is 11.4 Å². The Morgan fingerprint density at radius 1 is 1.12 bits per heavy atom. The molecule has 4 aromatic rings. The summed E-state index contributed by atoms with van der Waals surface area (Å²) in [6, 6.07) is 15.3. The zero-order valence-electron chi connectivity index (χ0n) is 18.5. The first-order valence-electron chi connectivity index (χ1n) is 10.7. The van der Waals surface area contributed by atoms with Gasteiger partial charge < -0.3 is 9.47 Å². The normalized spacial score (nSPS) is 12.0. The van der Waals surface area contributed by atoms with Crippen LogP contribution in [0.25, 0.3) is 16.9 Å². The smallest absolute Gasteiger partial charge is 0.212 e. The number of pyridine rings is 1. The number of carbonyl (C=O) groups excluding carboxylic acids is 1. The summed E-state index contributed by atoms with van der Waals surface area (Å²) < 4.78 is 12.3. The van der Waals surface area contributed by atoms with Crippen LogP contribution in [0.2, 0.25) is 0 Å². The van der Waals surface area contributed by atoms with Crippen molar-refractivity contribution in [1.82, 2.24) is 19.6 Å². The molecule has 32 heavy (non-hydrogen) atoms. The predicted molar refractivity (Wildman–Crippen MR) is 124 cm³/mol. The molecule has 3 heterocycles. The standard InChI is InChI=1S/C25H26N4O3.H2/c1-4-32-20-10-7-18(8-11-20)6-5-17(2)25(30)21-15-23-26-14-13-22(29(23)28-21)19-9-12-24(31-3)27-16-19;/h7-17H,4-6H2,1-3H3;1H. The molecular weight excluding hydrogens is 404 g/mol. The first kappa shape index (κ1) is 21.5. The summed E-state index contributed by atoms with van der Waals surface area (Å²) in [6.45, 7) is 4.56. The second-order valence-corrected chi connectivity index (χ2v) is 7.60. The molecule has 0 fully saturated rings. The zero-order valence-corrected chi connectivity index (χ0v) is 18.5. The molecule has 0 saturated heterocycles. The Bertz CT molecular complexity index is 1210. The summed E-state index contributed by atoms with van der Waals surface area (Å²) in [5.74, 6) is 1.26. The number of rotatable bonds is 9. The van der Waals surface area contributed by atoms with Crippen molar-refractivity contribution in [3.8, 4) is 22.9 Å². The number of methoxy groups -OCH3 is 1. The zero-order chi connectivity index (χ0) is 22.5. The van der Waals surface area contributed by atoms with E-state index in [1.165, 1.54) is 5.56 Å². The van der Waals surface area contributed by atoms with Crippen LogP contribution in [0, 0.1) is 5.92 Å². The maximum atomic E-state index is 13.1. The first-order chi connectivity index (χ1) is 15.6. The minimum atomic E-state index is -0.155. The highest BCUT2D eigenvalue weighted by Gasteiger charge is 2.20. The fourth-order valence-corrected chi connectivity index (χ4v) is 3.57. The Kier molecular flexibility index (Phi) is 6.44. The van der Waals surface area contributed by atoms with Gasteiger partial charge in [-0.25, -0.2) is 14.5 Å². The van der Waals surface area contributed by atoms with E-state index in [2.05, 4.69) is 15.1 Å². The minimum Gasteiger partial charge on any atom is -0.494 e. The van der Waals surface area contributed by atoms with Gasteiger partial charge in [0.2, 0.25) is 5.88 Å². The lowest BCUT2D eigenvalue weighted by atomic mass is 9.96. The molecule has 0 aliphatic heterocycles. The Morgan fingerprint density at radius 2 is 1.94 bits per heavy atom. The number of ether oxygens (including phenoxy) is 2. The van der Waals surface area contributed by atoms with Crippen LogP contribution in [-0.4, -0.2) is 39.1 Å². The van der Waals surface area contributed by atoms with E-state index in [0.29, 0.717) is 23.8 Å². The lowest BCUT2D eigenvalue weighted by molar-refractivity contribution is 0.0919. The summed E-state index contributed by atoms with van der Waals surface area (Å²) in [5.41, 5.74) is 3.90. The van der Waals surface area contributed by atoms with Crippen LogP contribution in [0.15, 0.2) is 60.9 Å². The predicted octanol–water partition coefficient (Wildman–Crippen LogP) is 4.90. The summed E-state index contributed by atoms with van der Waals surface area (Å²) >= 11 is 0. The van der Waals surface area contributed by atoms with Gasteiger partial charge in [0.05, 0.1) is 19.4 Å². The topological polar surface area (TPSA) is 78.6 Å². The number of nitrogens with zero attached hydrogens (tertiary/aromatic N) is 4. The van der Waals surface area contributed by atoms with Gasteiger partial charge in [-0.15, -0.1) is 0 Å². The van der Waals surface area contributed by atoms with Crippen LogP contribution in [-0.2, 0) is 6.42 Å². The summed E-state index contributed by atoms with van der Waals surface area (Å²) in [5, 5.41) is 4.57. The number of hydrogen-bond acceptors (Lipinski definition) is 6. The van der Waals surface area contributed by atoms with E-state index >= 15 is 0 Å². The van der Waals surface area contributed by atoms with Crippen molar-refractivity contribution in [3.05, 3.63) is 72.2 Å².